The van der Waals surface area contributed by atoms with E-state index in [2.05, 4.69) is 12.2 Å². The van der Waals surface area contributed by atoms with Crippen LogP contribution in [0.2, 0.25) is 0 Å². The van der Waals surface area contributed by atoms with Crippen LogP contribution in [0, 0.1) is 5.92 Å². The minimum absolute atomic E-state index is 0.308. The quantitative estimate of drug-likeness (QED) is 0.515. The van der Waals surface area contributed by atoms with Gasteiger partial charge in [-0.05, 0) is 36.8 Å². The number of allylic oxidation sites excluding steroid dienone is 4. The zero-order valence-electron chi connectivity index (χ0n) is 6.55. The molecular formula is C10H12O. The van der Waals surface area contributed by atoms with Gasteiger partial charge in [-0.1, -0.05) is 12.2 Å². The molecule has 0 saturated heterocycles. The SMILES string of the molecule is O=C1C=C2C=CCC[C@@H]2CC1. The number of hydrogen-bond acceptors (Lipinski definition) is 1. The Balaban J connectivity index is 2.28. The van der Waals surface area contributed by atoms with Gasteiger partial charge in [-0.2, -0.15) is 0 Å². The summed E-state index contributed by atoms with van der Waals surface area (Å²) in [6, 6.07) is 0. The molecule has 0 fully saturated rings. The molecule has 0 bridgehead atoms. The van der Waals surface area contributed by atoms with Crippen molar-refractivity contribution in [2.75, 3.05) is 0 Å². The number of rotatable bonds is 0. The van der Waals surface area contributed by atoms with Crippen LogP contribution in [0.5, 0.6) is 0 Å². The van der Waals surface area contributed by atoms with E-state index in [4.69, 9.17) is 0 Å². The van der Waals surface area contributed by atoms with Gasteiger partial charge in [0.25, 0.3) is 0 Å². The van der Waals surface area contributed by atoms with Crippen LogP contribution in [0.25, 0.3) is 0 Å². The first-order valence-corrected chi connectivity index (χ1v) is 4.27. The van der Waals surface area contributed by atoms with Crippen LogP contribution >= 0.6 is 0 Å². The molecule has 0 aromatic rings. The van der Waals surface area contributed by atoms with Gasteiger partial charge in [0.1, 0.15) is 0 Å². The first-order valence-electron chi connectivity index (χ1n) is 4.27. The van der Waals surface area contributed by atoms with Gasteiger partial charge in [-0.25, -0.2) is 0 Å². The first-order chi connectivity index (χ1) is 5.36. The lowest BCUT2D eigenvalue weighted by Crippen LogP contribution is -2.14. The number of ketones is 1. The predicted molar refractivity (Wildman–Crippen MR) is 44.2 cm³/mol. The summed E-state index contributed by atoms with van der Waals surface area (Å²) >= 11 is 0. The van der Waals surface area contributed by atoms with E-state index in [1.165, 1.54) is 18.4 Å². The Bertz CT molecular complexity index is 235. The highest BCUT2D eigenvalue weighted by Gasteiger charge is 2.20. The smallest absolute Gasteiger partial charge is 0.155 e. The minimum Gasteiger partial charge on any atom is -0.295 e. The second-order valence-electron chi connectivity index (χ2n) is 3.33. The van der Waals surface area contributed by atoms with E-state index in [0.717, 1.165) is 12.8 Å². The summed E-state index contributed by atoms with van der Waals surface area (Å²) in [6.45, 7) is 0. The maximum absolute atomic E-state index is 11.0. The fraction of sp³-hybridized carbons (Fsp3) is 0.500. The molecule has 2 rings (SSSR count). The van der Waals surface area contributed by atoms with E-state index in [1.54, 1.807) is 0 Å². The van der Waals surface area contributed by atoms with Crippen LogP contribution in [0.15, 0.2) is 23.8 Å². The lowest BCUT2D eigenvalue weighted by Gasteiger charge is -2.23. The van der Waals surface area contributed by atoms with Gasteiger partial charge in [-0.15, -0.1) is 0 Å². The van der Waals surface area contributed by atoms with Gasteiger partial charge in [0.15, 0.2) is 5.78 Å². The molecule has 1 nitrogen and oxygen atoms in total. The molecule has 0 unspecified atom stereocenters. The van der Waals surface area contributed by atoms with Gasteiger partial charge in [-0.3, -0.25) is 4.79 Å². The fourth-order valence-electron chi connectivity index (χ4n) is 1.87. The number of carbonyl (C=O) groups is 1. The van der Waals surface area contributed by atoms with Gasteiger partial charge < -0.3 is 0 Å². The average Bonchev–Trinajstić information content (AvgIpc) is 2.04. The zero-order chi connectivity index (χ0) is 7.68. The molecule has 2 aliphatic rings. The van der Waals surface area contributed by atoms with Crippen molar-refractivity contribution in [3.8, 4) is 0 Å². The molecule has 11 heavy (non-hydrogen) atoms. The molecule has 1 atom stereocenters. The Morgan fingerprint density at radius 2 is 2.27 bits per heavy atom. The second-order valence-corrected chi connectivity index (χ2v) is 3.33. The number of carbonyl (C=O) groups excluding carboxylic acids is 1. The third-order valence-corrected chi connectivity index (χ3v) is 2.53. The molecule has 0 aromatic heterocycles. The van der Waals surface area contributed by atoms with Crippen LogP contribution in [-0.2, 0) is 4.79 Å². The third kappa shape index (κ3) is 1.28. The topological polar surface area (TPSA) is 17.1 Å². The maximum Gasteiger partial charge on any atom is 0.155 e. The Morgan fingerprint density at radius 1 is 1.36 bits per heavy atom. The Morgan fingerprint density at radius 3 is 3.18 bits per heavy atom. The fourth-order valence-corrected chi connectivity index (χ4v) is 1.87. The molecule has 58 valence electrons. The van der Waals surface area contributed by atoms with Crippen molar-refractivity contribution in [3.63, 3.8) is 0 Å². The van der Waals surface area contributed by atoms with Gasteiger partial charge >= 0.3 is 0 Å². The van der Waals surface area contributed by atoms with Crippen LogP contribution in [0.4, 0.5) is 0 Å². The summed E-state index contributed by atoms with van der Waals surface area (Å²) in [7, 11) is 0. The molecule has 0 aliphatic heterocycles. The van der Waals surface area contributed by atoms with Gasteiger partial charge in [0, 0.05) is 6.42 Å². The molecular weight excluding hydrogens is 136 g/mol. The van der Waals surface area contributed by atoms with Crippen LogP contribution in [-0.4, -0.2) is 5.78 Å². The first kappa shape index (κ1) is 6.84. The summed E-state index contributed by atoms with van der Waals surface area (Å²) in [6.07, 6.45) is 10.4. The van der Waals surface area contributed by atoms with Crippen molar-refractivity contribution < 1.29 is 4.79 Å². The third-order valence-electron chi connectivity index (χ3n) is 2.53. The molecule has 0 amide bonds. The summed E-state index contributed by atoms with van der Waals surface area (Å²) in [5.74, 6) is 1.00. The Labute approximate surface area is 66.8 Å². The highest BCUT2D eigenvalue weighted by atomic mass is 16.1. The normalized spacial score (nSPS) is 29.6. The number of fused-ring (bicyclic) bond motifs is 1. The van der Waals surface area contributed by atoms with Crippen molar-refractivity contribution in [2.24, 2.45) is 5.92 Å². The molecule has 1 heteroatoms. The van der Waals surface area contributed by atoms with Crippen molar-refractivity contribution in [1.29, 1.82) is 0 Å². The molecule has 2 aliphatic carbocycles. The molecule has 0 aromatic carbocycles. The van der Waals surface area contributed by atoms with E-state index in [-0.39, 0.29) is 0 Å². The van der Waals surface area contributed by atoms with Crippen molar-refractivity contribution in [1.82, 2.24) is 0 Å². The lowest BCUT2D eigenvalue weighted by molar-refractivity contribution is -0.115. The standard InChI is InChI=1S/C10H12O/c11-10-6-5-8-3-1-2-4-9(8)7-10/h2,4,7-8H,1,3,5-6H2/t8-/m1/s1. The molecule has 0 saturated carbocycles. The largest absolute Gasteiger partial charge is 0.295 e. The van der Waals surface area contributed by atoms with E-state index in [9.17, 15) is 4.79 Å². The lowest BCUT2D eigenvalue weighted by atomic mass is 9.81. The molecule has 0 radical (unpaired) electrons. The zero-order valence-corrected chi connectivity index (χ0v) is 6.55. The predicted octanol–water partition coefficient (Wildman–Crippen LogP) is 2.24. The molecule has 0 spiro atoms. The van der Waals surface area contributed by atoms with E-state index in [0.29, 0.717) is 11.7 Å². The number of hydrogen-bond donors (Lipinski definition) is 0. The van der Waals surface area contributed by atoms with Crippen molar-refractivity contribution in [3.05, 3.63) is 23.8 Å². The molecule has 0 N–H and O–H groups in total. The summed E-state index contributed by atoms with van der Waals surface area (Å²) in [5, 5.41) is 0. The summed E-state index contributed by atoms with van der Waals surface area (Å²) < 4.78 is 0. The monoisotopic (exact) mass is 148 g/mol. The van der Waals surface area contributed by atoms with E-state index >= 15 is 0 Å². The van der Waals surface area contributed by atoms with E-state index in [1.807, 2.05) is 6.08 Å². The average molecular weight is 148 g/mol. The molecule has 0 heterocycles. The van der Waals surface area contributed by atoms with Crippen LogP contribution in [0.3, 0.4) is 0 Å². The van der Waals surface area contributed by atoms with Gasteiger partial charge in [0.05, 0.1) is 0 Å². The highest BCUT2D eigenvalue weighted by Crippen LogP contribution is 2.31. The second kappa shape index (κ2) is 2.65. The van der Waals surface area contributed by atoms with Crippen molar-refractivity contribution in [2.45, 2.75) is 25.7 Å². The van der Waals surface area contributed by atoms with Crippen molar-refractivity contribution >= 4 is 5.78 Å². The van der Waals surface area contributed by atoms with E-state index < -0.39 is 0 Å². The summed E-state index contributed by atoms with van der Waals surface area (Å²) in [5.41, 5.74) is 1.27. The van der Waals surface area contributed by atoms with Crippen LogP contribution < -0.4 is 0 Å². The maximum atomic E-state index is 11.0. The Kier molecular flexibility index (Phi) is 1.65. The minimum atomic E-state index is 0.308. The van der Waals surface area contributed by atoms with Crippen LogP contribution in [0.1, 0.15) is 25.7 Å². The highest BCUT2D eigenvalue weighted by molar-refractivity contribution is 5.91. The van der Waals surface area contributed by atoms with Gasteiger partial charge in [0.2, 0.25) is 0 Å². The summed E-state index contributed by atoms with van der Waals surface area (Å²) in [4.78, 5) is 11.0. The Hall–Kier alpha value is -0.850.